The lowest BCUT2D eigenvalue weighted by Crippen LogP contribution is -2.33. The van der Waals surface area contributed by atoms with E-state index in [0.29, 0.717) is 19.6 Å². The van der Waals surface area contributed by atoms with Crippen molar-refractivity contribution in [2.24, 2.45) is 0 Å². The number of hydrogen-bond acceptors (Lipinski definition) is 3. The largest absolute Gasteiger partial charge is 0.493 e. The van der Waals surface area contributed by atoms with Crippen LogP contribution < -0.4 is 15.0 Å². The standard InChI is InChI=1S/C21H26N2O2/c1-2-21(24)22-12-14-23-13-10-18-8-9-19(16-20(18)23)25-15-11-17-6-4-3-5-7-17/h3-9,16H,2,10-15H2,1H3,(H,22,24). The molecule has 0 bridgehead atoms. The summed E-state index contributed by atoms with van der Waals surface area (Å²) in [6.45, 7) is 5.08. The van der Waals surface area contributed by atoms with Crippen LogP contribution in [0.3, 0.4) is 0 Å². The lowest BCUT2D eigenvalue weighted by atomic mass is 10.1. The Bertz CT molecular complexity index is 700. The van der Waals surface area contributed by atoms with Gasteiger partial charge < -0.3 is 15.0 Å². The van der Waals surface area contributed by atoms with Gasteiger partial charge in [-0.1, -0.05) is 43.3 Å². The number of amides is 1. The van der Waals surface area contributed by atoms with Crippen molar-refractivity contribution >= 4 is 11.6 Å². The molecule has 0 saturated carbocycles. The van der Waals surface area contributed by atoms with Crippen molar-refractivity contribution in [2.45, 2.75) is 26.2 Å². The first kappa shape index (κ1) is 17.3. The fraction of sp³-hybridized carbons (Fsp3) is 0.381. The van der Waals surface area contributed by atoms with Crippen LogP contribution >= 0.6 is 0 Å². The summed E-state index contributed by atoms with van der Waals surface area (Å²) in [6.07, 6.45) is 2.50. The third-order valence-corrected chi connectivity index (χ3v) is 4.58. The molecule has 0 aliphatic carbocycles. The molecule has 2 aromatic carbocycles. The van der Waals surface area contributed by atoms with E-state index in [1.165, 1.54) is 16.8 Å². The van der Waals surface area contributed by atoms with Crippen molar-refractivity contribution < 1.29 is 9.53 Å². The van der Waals surface area contributed by atoms with Crippen LogP contribution in [0.1, 0.15) is 24.5 Å². The van der Waals surface area contributed by atoms with Crippen LogP contribution in [-0.4, -0.2) is 32.1 Å². The summed E-state index contributed by atoms with van der Waals surface area (Å²) in [7, 11) is 0. The number of hydrogen-bond donors (Lipinski definition) is 1. The van der Waals surface area contributed by atoms with Gasteiger partial charge in [-0.25, -0.2) is 0 Å². The molecule has 4 heteroatoms. The van der Waals surface area contributed by atoms with Crippen LogP contribution in [0.5, 0.6) is 5.75 Å². The molecule has 0 spiro atoms. The second-order valence-electron chi connectivity index (χ2n) is 6.32. The molecule has 0 fully saturated rings. The summed E-state index contributed by atoms with van der Waals surface area (Å²) in [5.41, 5.74) is 3.89. The Balaban J connectivity index is 1.53. The van der Waals surface area contributed by atoms with Crippen molar-refractivity contribution in [3.63, 3.8) is 0 Å². The zero-order valence-electron chi connectivity index (χ0n) is 14.8. The Labute approximate surface area is 149 Å². The molecular weight excluding hydrogens is 312 g/mol. The number of ether oxygens (including phenoxy) is 1. The molecule has 1 amide bonds. The first-order valence-corrected chi connectivity index (χ1v) is 9.07. The second-order valence-corrected chi connectivity index (χ2v) is 6.32. The Kier molecular flexibility index (Phi) is 5.94. The maximum absolute atomic E-state index is 11.4. The maximum atomic E-state index is 11.4. The van der Waals surface area contributed by atoms with Crippen molar-refractivity contribution in [1.29, 1.82) is 0 Å². The average Bonchev–Trinajstić information content (AvgIpc) is 3.05. The topological polar surface area (TPSA) is 41.6 Å². The minimum Gasteiger partial charge on any atom is -0.493 e. The lowest BCUT2D eigenvalue weighted by Gasteiger charge is -2.20. The number of rotatable bonds is 8. The van der Waals surface area contributed by atoms with Gasteiger partial charge in [-0.05, 0) is 23.6 Å². The van der Waals surface area contributed by atoms with E-state index >= 15 is 0 Å². The highest BCUT2D eigenvalue weighted by molar-refractivity contribution is 5.75. The molecule has 2 aromatic rings. The predicted octanol–water partition coefficient (Wildman–Crippen LogP) is 3.20. The Hall–Kier alpha value is -2.49. The number of carbonyl (C=O) groups is 1. The third-order valence-electron chi connectivity index (χ3n) is 4.58. The van der Waals surface area contributed by atoms with Gasteiger partial charge in [0.05, 0.1) is 6.61 Å². The monoisotopic (exact) mass is 338 g/mol. The molecule has 0 atom stereocenters. The van der Waals surface area contributed by atoms with E-state index in [9.17, 15) is 4.79 Å². The summed E-state index contributed by atoms with van der Waals surface area (Å²) < 4.78 is 5.95. The molecular formula is C21H26N2O2. The molecule has 0 aromatic heterocycles. The van der Waals surface area contributed by atoms with E-state index in [2.05, 4.69) is 52.7 Å². The predicted molar refractivity (Wildman–Crippen MR) is 101 cm³/mol. The fourth-order valence-electron chi connectivity index (χ4n) is 3.13. The van der Waals surface area contributed by atoms with E-state index in [1.54, 1.807) is 0 Å². The number of nitrogens with zero attached hydrogens (tertiary/aromatic N) is 1. The number of anilines is 1. The first-order valence-electron chi connectivity index (χ1n) is 9.07. The van der Waals surface area contributed by atoms with Crippen molar-refractivity contribution in [1.82, 2.24) is 5.32 Å². The van der Waals surface area contributed by atoms with Crippen molar-refractivity contribution in [3.05, 3.63) is 59.7 Å². The molecule has 3 rings (SSSR count). The molecule has 0 unspecified atom stereocenters. The number of nitrogens with one attached hydrogen (secondary N) is 1. The highest BCUT2D eigenvalue weighted by Gasteiger charge is 2.19. The van der Waals surface area contributed by atoms with Gasteiger partial charge in [-0.15, -0.1) is 0 Å². The van der Waals surface area contributed by atoms with Crippen molar-refractivity contribution in [3.8, 4) is 5.75 Å². The van der Waals surface area contributed by atoms with E-state index in [1.807, 2.05) is 13.0 Å². The summed E-state index contributed by atoms with van der Waals surface area (Å²) >= 11 is 0. The SMILES string of the molecule is CCC(=O)NCCN1CCc2ccc(OCCc3ccccc3)cc21. The third kappa shape index (κ3) is 4.75. The Morgan fingerprint density at radius 1 is 1.20 bits per heavy atom. The second kappa shape index (κ2) is 8.56. The maximum Gasteiger partial charge on any atom is 0.219 e. The van der Waals surface area contributed by atoms with E-state index in [-0.39, 0.29) is 5.91 Å². The zero-order valence-corrected chi connectivity index (χ0v) is 14.8. The number of fused-ring (bicyclic) bond motifs is 1. The molecule has 1 aliphatic heterocycles. The molecule has 132 valence electrons. The van der Waals surface area contributed by atoms with E-state index in [4.69, 9.17) is 4.74 Å². The summed E-state index contributed by atoms with van der Waals surface area (Å²) in [4.78, 5) is 13.7. The summed E-state index contributed by atoms with van der Waals surface area (Å²) in [6, 6.07) is 16.7. The van der Waals surface area contributed by atoms with Crippen LogP contribution in [0.25, 0.3) is 0 Å². The molecule has 25 heavy (non-hydrogen) atoms. The van der Waals surface area contributed by atoms with Gasteiger partial charge in [0.2, 0.25) is 5.91 Å². The van der Waals surface area contributed by atoms with E-state index in [0.717, 1.165) is 31.7 Å². The molecule has 1 N–H and O–H groups in total. The molecule has 1 aliphatic rings. The van der Waals surface area contributed by atoms with Crippen LogP contribution in [0.15, 0.2) is 48.5 Å². The number of benzene rings is 2. The minimum atomic E-state index is 0.109. The zero-order chi connectivity index (χ0) is 17.5. The van der Waals surface area contributed by atoms with E-state index < -0.39 is 0 Å². The lowest BCUT2D eigenvalue weighted by molar-refractivity contribution is -0.120. The smallest absolute Gasteiger partial charge is 0.219 e. The molecule has 1 heterocycles. The van der Waals surface area contributed by atoms with Gasteiger partial charge in [0, 0.05) is 44.2 Å². The normalized spacial score (nSPS) is 12.8. The van der Waals surface area contributed by atoms with Gasteiger partial charge in [-0.3, -0.25) is 4.79 Å². The van der Waals surface area contributed by atoms with Crippen LogP contribution in [0.4, 0.5) is 5.69 Å². The van der Waals surface area contributed by atoms with Gasteiger partial charge in [-0.2, -0.15) is 0 Å². The summed E-state index contributed by atoms with van der Waals surface area (Å²) in [5, 5.41) is 2.95. The van der Waals surface area contributed by atoms with Gasteiger partial charge >= 0.3 is 0 Å². The van der Waals surface area contributed by atoms with Crippen LogP contribution in [0.2, 0.25) is 0 Å². The summed E-state index contributed by atoms with van der Waals surface area (Å²) in [5.74, 6) is 1.02. The molecule has 0 saturated heterocycles. The Morgan fingerprint density at radius 3 is 2.84 bits per heavy atom. The van der Waals surface area contributed by atoms with Gasteiger partial charge in [0.15, 0.2) is 0 Å². The number of carbonyl (C=O) groups excluding carboxylic acids is 1. The minimum absolute atomic E-state index is 0.109. The van der Waals surface area contributed by atoms with Crippen LogP contribution in [-0.2, 0) is 17.6 Å². The van der Waals surface area contributed by atoms with Crippen LogP contribution in [0, 0.1) is 0 Å². The average molecular weight is 338 g/mol. The van der Waals surface area contributed by atoms with Gasteiger partial charge in [0.1, 0.15) is 5.75 Å². The molecule has 0 radical (unpaired) electrons. The van der Waals surface area contributed by atoms with Gasteiger partial charge in [0.25, 0.3) is 0 Å². The quantitative estimate of drug-likeness (QED) is 0.804. The van der Waals surface area contributed by atoms with Crippen molar-refractivity contribution in [2.75, 3.05) is 31.1 Å². The molecule has 4 nitrogen and oxygen atoms in total. The fourth-order valence-corrected chi connectivity index (χ4v) is 3.13. The first-order chi connectivity index (χ1) is 12.3. The highest BCUT2D eigenvalue weighted by Crippen LogP contribution is 2.31. The Morgan fingerprint density at radius 2 is 2.04 bits per heavy atom. The highest BCUT2D eigenvalue weighted by atomic mass is 16.5.